The molecule has 4 rings (SSSR count). The van der Waals surface area contributed by atoms with E-state index < -0.39 is 5.97 Å². The van der Waals surface area contributed by atoms with Gasteiger partial charge in [0, 0.05) is 12.1 Å². The van der Waals surface area contributed by atoms with Crippen LogP contribution in [0.15, 0.2) is 52.6 Å². The Morgan fingerprint density at radius 1 is 1.09 bits per heavy atom. The molecule has 2 aromatic carbocycles. The van der Waals surface area contributed by atoms with Crippen molar-refractivity contribution in [3.63, 3.8) is 0 Å². The Labute approximate surface area is 198 Å². The number of carbonyl (C=O) groups is 2. The van der Waals surface area contributed by atoms with Gasteiger partial charge in [0.2, 0.25) is 0 Å². The Morgan fingerprint density at radius 3 is 2.56 bits per heavy atom. The van der Waals surface area contributed by atoms with Crippen molar-refractivity contribution in [2.45, 2.75) is 13.5 Å². The van der Waals surface area contributed by atoms with Crippen molar-refractivity contribution in [2.24, 2.45) is 0 Å². The number of esters is 1. The summed E-state index contributed by atoms with van der Waals surface area (Å²) < 4.78 is 16.0. The minimum absolute atomic E-state index is 0.0573. The lowest BCUT2D eigenvalue weighted by Crippen LogP contribution is -2.17. The number of para-hydroxylation sites is 1. The lowest BCUT2D eigenvalue weighted by Gasteiger charge is -2.15. The van der Waals surface area contributed by atoms with E-state index >= 15 is 0 Å². The third kappa shape index (κ3) is 4.62. The van der Waals surface area contributed by atoms with Crippen molar-refractivity contribution in [1.29, 1.82) is 0 Å². The van der Waals surface area contributed by atoms with E-state index in [1.807, 2.05) is 13.0 Å². The first-order chi connectivity index (χ1) is 16.4. The van der Waals surface area contributed by atoms with Gasteiger partial charge in [-0.15, -0.1) is 11.3 Å². The lowest BCUT2D eigenvalue weighted by atomic mass is 10.1. The molecule has 0 aliphatic rings. The van der Waals surface area contributed by atoms with Crippen LogP contribution in [0.2, 0.25) is 0 Å². The number of methoxy groups -OCH3 is 2. The zero-order valence-corrected chi connectivity index (χ0v) is 19.4. The van der Waals surface area contributed by atoms with Crippen LogP contribution in [-0.4, -0.2) is 36.1 Å². The molecule has 0 radical (unpaired) electrons. The number of hydrogen-bond acceptors (Lipinski definition) is 8. The summed E-state index contributed by atoms with van der Waals surface area (Å²) in [6, 6.07) is 11.6. The SMILES string of the molecule is COc1cc(NC(=O)c2cccs2)c(C(=O)OCc2nc3c(C)cccc3c(=O)[nH]2)cc1OC. The van der Waals surface area contributed by atoms with E-state index in [4.69, 9.17) is 14.2 Å². The largest absolute Gasteiger partial charge is 0.493 e. The van der Waals surface area contributed by atoms with Crippen LogP contribution in [0, 0.1) is 6.92 Å². The van der Waals surface area contributed by atoms with Gasteiger partial charge in [0.15, 0.2) is 11.5 Å². The molecule has 0 atom stereocenters. The number of H-pyrrole nitrogens is 1. The molecular formula is C24H21N3O6S. The minimum atomic E-state index is -0.741. The molecule has 0 bridgehead atoms. The first kappa shape index (κ1) is 23.0. The second-order valence-electron chi connectivity index (χ2n) is 7.24. The van der Waals surface area contributed by atoms with Crippen molar-refractivity contribution in [1.82, 2.24) is 9.97 Å². The molecule has 0 fully saturated rings. The third-order valence-corrected chi connectivity index (χ3v) is 5.93. The van der Waals surface area contributed by atoms with Crippen LogP contribution in [-0.2, 0) is 11.3 Å². The second kappa shape index (κ2) is 9.75. The van der Waals surface area contributed by atoms with Crippen molar-refractivity contribution >= 4 is 39.8 Å². The molecule has 4 aromatic rings. The summed E-state index contributed by atoms with van der Waals surface area (Å²) in [5, 5.41) is 4.95. The van der Waals surface area contributed by atoms with Crippen LogP contribution in [0.25, 0.3) is 10.9 Å². The van der Waals surface area contributed by atoms with Gasteiger partial charge in [-0.25, -0.2) is 9.78 Å². The van der Waals surface area contributed by atoms with Gasteiger partial charge >= 0.3 is 5.97 Å². The van der Waals surface area contributed by atoms with E-state index in [1.165, 1.54) is 37.7 Å². The van der Waals surface area contributed by atoms with Crippen LogP contribution in [0.1, 0.15) is 31.4 Å². The van der Waals surface area contributed by atoms with Gasteiger partial charge in [-0.05, 0) is 30.0 Å². The number of ether oxygens (including phenoxy) is 3. The first-order valence-electron chi connectivity index (χ1n) is 10.2. The predicted octanol–water partition coefficient (Wildman–Crippen LogP) is 3.92. The summed E-state index contributed by atoms with van der Waals surface area (Å²) in [6.45, 7) is 1.57. The molecule has 0 unspecified atom stereocenters. The number of aromatic nitrogens is 2. The number of nitrogens with one attached hydrogen (secondary N) is 2. The maximum atomic E-state index is 13.0. The number of fused-ring (bicyclic) bond motifs is 1. The van der Waals surface area contributed by atoms with Crippen LogP contribution in [0.4, 0.5) is 5.69 Å². The highest BCUT2D eigenvalue weighted by Crippen LogP contribution is 2.34. The Kier molecular flexibility index (Phi) is 6.60. The summed E-state index contributed by atoms with van der Waals surface area (Å²) in [4.78, 5) is 45.5. The number of aryl methyl sites for hydroxylation is 1. The van der Waals surface area contributed by atoms with Crippen molar-refractivity contribution < 1.29 is 23.8 Å². The molecule has 2 aromatic heterocycles. The van der Waals surface area contributed by atoms with Crippen molar-refractivity contribution in [3.8, 4) is 11.5 Å². The van der Waals surface area contributed by atoms with Crippen LogP contribution in [0.5, 0.6) is 11.5 Å². The Balaban J connectivity index is 1.63. The zero-order valence-electron chi connectivity index (χ0n) is 18.6. The van der Waals surface area contributed by atoms with Crippen molar-refractivity contribution in [2.75, 3.05) is 19.5 Å². The molecule has 34 heavy (non-hydrogen) atoms. The van der Waals surface area contributed by atoms with Crippen molar-refractivity contribution in [3.05, 3.63) is 80.0 Å². The number of thiophene rings is 1. The number of benzene rings is 2. The van der Waals surface area contributed by atoms with Crippen LogP contribution < -0.4 is 20.3 Å². The van der Waals surface area contributed by atoms with E-state index in [0.717, 1.165) is 5.56 Å². The van der Waals surface area contributed by atoms with Crippen LogP contribution in [0.3, 0.4) is 0 Å². The standard InChI is InChI=1S/C24H21N3O6S/c1-13-6-4-7-14-21(13)26-20(27-22(14)28)12-33-24(30)15-10-17(31-2)18(32-3)11-16(15)25-23(29)19-8-5-9-34-19/h4-11H,12H2,1-3H3,(H,25,29)(H,26,27,28). The molecular weight excluding hydrogens is 458 g/mol. The molecule has 10 heteroatoms. The molecule has 0 saturated carbocycles. The summed E-state index contributed by atoms with van der Waals surface area (Å²) in [6.07, 6.45) is 0. The highest BCUT2D eigenvalue weighted by Gasteiger charge is 2.21. The smallest absolute Gasteiger partial charge is 0.340 e. The third-order valence-electron chi connectivity index (χ3n) is 5.06. The average molecular weight is 480 g/mol. The van der Waals surface area contributed by atoms with Gasteiger partial charge in [0.1, 0.15) is 12.4 Å². The van der Waals surface area contributed by atoms with Gasteiger partial charge in [-0.1, -0.05) is 18.2 Å². The Bertz CT molecular complexity index is 1430. The maximum absolute atomic E-state index is 13.0. The highest BCUT2D eigenvalue weighted by atomic mass is 32.1. The molecule has 1 amide bonds. The molecule has 0 aliphatic heterocycles. The maximum Gasteiger partial charge on any atom is 0.340 e. The number of carbonyl (C=O) groups excluding carboxylic acids is 2. The number of hydrogen-bond donors (Lipinski definition) is 2. The number of nitrogens with zero attached hydrogens (tertiary/aromatic N) is 1. The van der Waals surface area contributed by atoms with Gasteiger partial charge in [-0.2, -0.15) is 0 Å². The fourth-order valence-corrected chi connectivity index (χ4v) is 3.99. The van der Waals surface area contributed by atoms with Gasteiger partial charge in [0.25, 0.3) is 11.5 Å². The molecule has 0 aliphatic carbocycles. The molecule has 0 saturated heterocycles. The van der Waals surface area contributed by atoms with Crippen LogP contribution >= 0.6 is 11.3 Å². The van der Waals surface area contributed by atoms with E-state index in [-0.39, 0.29) is 40.9 Å². The van der Waals surface area contributed by atoms with E-state index in [2.05, 4.69) is 15.3 Å². The average Bonchev–Trinajstić information content (AvgIpc) is 3.38. The predicted molar refractivity (Wildman–Crippen MR) is 128 cm³/mol. The normalized spacial score (nSPS) is 10.7. The summed E-state index contributed by atoms with van der Waals surface area (Å²) >= 11 is 1.27. The van der Waals surface area contributed by atoms with E-state index in [1.54, 1.807) is 29.6 Å². The van der Waals surface area contributed by atoms with E-state index in [0.29, 0.717) is 21.5 Å². The summed E-state index contributed by atoms with van der Waals surface area (Å²) in [5.74, 6) is -0.306. The first-order valence-corrected chi connectivity index (χ1v) is 11.1. The lowest BCUT2D eigenvalue weighted by molar-refractivity contribution is 0.0463. The molecule has 9 nitrogen and oxygen atoms in total. The number of rotatable bonds is 7. The topological polar surface area (TPSA) is 120 Å². The van der Waals surface area contributed by atoms with E-state index in [9.17, 15) is 14.4 Å². The fourth-order valence-electron chi connectivity index (χ4n) is 3.37. The highest BCUT2D eigenvalue weighted by molar-refractivity contribution is 7.12. The zero-order chi connectivity index (χ0) is 24.2. The van der Waals surface area contributed by atoms with Gasteiger partial charge < -0.3 is 24.5 Å². The quantitative estimate of drug-likeness (QED) is 0.386. The molecule has 2 heterocycles. The Hall–Kier alpha value is -4.18. The fraction of sp³-hybridized carbons (Fsp3) is 0.167. The number of amides is 1. The number of anilines is 1. The van der Waals surface area contributed by atoms with Gasteiger partial charge in [-0.3, -0.25) is 9.59 Å². The Morgan fingerprint density at radius 2 is 1.85 bits per heavy atom. The molecule has 2 N–H and O–H groups in total. The minimum Gasteiger partial charge on any atom is -0.493 e. The summed E-state index contributed by atoms with van der Waals surface area (Å²) in [5.41, 5.74) is 1.29. The monoisotopic (exact) mass is 479 g/mol. The summed E-state index contributed by atoms with van der Waals surface area (Å²) in [7, 11) is 2.88. The van der Waals surface area contributed by atoms with Gasteiger partial charge in [0.05, 0.1) is 41.3 Å². The second-order valence-corrected chi connectivity index (χ2v) is 8.19. The number of aromatic amines is 1. The molecule has 174 valence electrons. The molecule has 0 spiro atoms.